The molecule has 0 amide bonds. The van der Waals surface area contributed by atoms with E-state index < -0.39 is 0 Å². The van der Waals surface area contributed by atoms with E-state index in [0.717, 1.165) is 17.2 Å². The predicted molar refractivity (Wildman–Crippen MR) is 98.4 cm³/mol. The Morgan fingerprint density at radius 1 is 1.00 bits per heavy atom. The van der Waals surface area contributed by atoms with Crippen molar-refractivity contribution >= 4 is 23.0 Å². The summed E-state index contributed by atoms with van der Waals surface area (Å²) in [4.78, 5) is 0. The molecule has 0 aromatic heterocycles. The Balaban J connectivity index is 1.75. The van der Waals surface area contributed by atoms with Crippen molar-refractivity contribution in [2.24, 2.45) is 0 Å². The first kappa shape index (κ1) is 17.1. The molecule has 2 N–H and O–H groups in total. The molecule has 23 heavy (non-hydrogen) atoms. The molecule has 0 aliphatic carbocycles. The standard InChI is InChI=1S/C18H22N2O2S/c1-3-21-17-11-9-15(10-12-17)20-18(23)19-14(2)13-22-16-7-5-4-6-8-16/h4-12,14H,3,13H2,1-2H3,(H2,19,20,23)/t14-/m1/s1. The van der Waals surface area contributed by atoms with E-state index in [-0.39, 0.29) is 6.04 Å². The van der Waals surface area contributed by atoms with Crippen LogP contribution >= 0.6 is 12.2 Å². The van der Waals surface area contributed by atoms with Gasteiger partial charge in [0.15, 0.2) is 5.11 Å². The third-order valence-electron chi connectivity index (χ3n) is 3.04. The highest BCUT2D eigenvalue weighted by Crippen LogP contribution is 2.15. The van der Waals surface area contributed by atoms with Gasteiger partial charge in [0.05, 0.1) is 12.6 Å². The van der Waals surface area contributed by atoms with Crippen LogP contribution in [0.4, 0.5) is 5.69 Å². The maximum atomic E-state index is 5.70. The molecule has 0 fully saturated rings. The third-order valence-corrected chi connectivity index (χ3v) is 3.26. The van der Waals surface area contributed by atoms with E-state index in [1.54, 1.807) is 0 Å². The number of hydrogen-bond donors (Lipinski definition) is 2. The summed E-state index contributed by atoms with van der Waals surface area (Å²) in [5, 5.41) is 6.92. The SMILES string of the molecule is CCOc1ccc(NC(=S)N[C@H](C)COc2ccccc2)cc1. The van der Waals surface area contributed by atoms with Gasteiger partial charge in [-0.1, -0.05) is 18.2 Å². The van der Waals surface area contributed by atoms with Crippen molar-refractivity contribution in [3.8, 4) is 11.5 Å². The minimum absolute atomic E-state index is 0.0953. The summed E-state index contributed by atoms with van der Waals surface area (Å²) in [5.74, 6) is 1.70. The van der Waals surface area contributed by atoms with Crippen molar-refractivity contribution in [1.29, 1.82) is 0 Å². The fraction of sp³-hybridized carbons (Fsp3) is 0.278. The van der Waals surface area contributed by atoms with Crippen LogP contribution in [-0.4, -0.2) is 24.4 Å². The molecule has 2 rings (SSSR count). The molecule has 122 valence electrons. The highest BCUT2D eigenvalue weighted by molar-refractivity contribution is 7.80. The van der Waals surface area contributed by atoms with E-state index in [4.69, 9.17) is 21.7 Å². The molecule has 0 radical (unpaired) electrons. The van der Waals surface area contributed by atoms with Gasteiger partial charge in [-0.05, 0) is 62.5 Å². The second kappa shape index (κ2) is 9.00. The Labute approximate surface area is 142 Å². The Morgan fingerprint density at radius 2 is 1.65 bits per heavy atom. The van der Waals surface area contributed by atoms with Crippen LogP contribution in [0.5, 0.6) is 11.5 Å². The van der Waals surface area contributed by atoms with Gasteiger partial charge in [0.25, 0.3) is 0 Å². The number of anilines is 1. The first-order chi connectivity index (χ1) is 11.2. The summed E-state index contributed by atoms with van der Waals surface area (Å²) in [5.41, 5.74) is 0.919. The van der Waals surface area contributed by atoms with Gasteiger partial charge in [0, 0.05) is 5.69 Å². The second-order valence-electron chi connectivity index (χ2n) is 5.08. The molecule has 0 aliphatic rings. The van der Waals surface area contributed by atoms with Crippen molar-refractivity contribution in [2.45, 2.75) is 19.9 Å². The van der Waals surface area contributed by atoms with E-state index >= 15 is 0 Å². The molecule has 1 atom stereocenters. The van der Waals surface area contributed by atoms with Gasteiger partial charge in [-0.15, -0.1) is 0 Å². The average molecular weight is 330 g/mol. The van der Waals surface area contributed by atoms with Gasteiger partial charge >= 0.3 is 0 Å². The van der Waals surface area contributed by atoms with Gasteiger partial charge in [-0.2, -0.15) is 0 Å². The number of ether oxygens (including phenoxy) is 2. The zero-order chi connectivity index (χ0) is 16.5. The average Bonchev–Trinajstić information content (AvgIpc) is 2.56. The largest absolute Gasteiger partial charge is 0.494 e. The quantitative estimate of drug-likeness (QED) is 0.755. The Morgan fingerprint density at radius 3 is 2.30 bits per heavy atom. The number of hydrogen-bond acceptors (Lipinski definition) is 3. The summed E-state index contributed by atoms with van der Waals surface area (Å²) < 4.78 is 11.1. The van der Waals surface area contributed by atoms with Crippen molar-refractivity contribution in [3.05, 3.63) is 54.6 Å². The van der Waals surface area contributed by atoms with Crippen LogP contribution in [0.2, 0.25) is 0 Å². The van der Waals surface area contributed by atoms with E-state index in [9.17, 15) is 0 Å². The molecular formula is C18H22N2O2S. The summed E-state index contributed by atoms with van der Waals surface area (Å²) in [6, 6.07) is 17.5. The number of thiocarbonyl (C=S) groups is 1. The minimum atomic E-state index is 0.0953. The van der Waals surface area contributed by atoms with Gasteiger partial charge in [-0.3, -0.25) is 0 Å². The predicted octanol–water partition coefficient (Wildman–Crippen LogP) is 3.84. The van der Waals surface area contributed by atoms with Gasteiger partial charge in [0.1, 0.15) is 18.1 Å². The van der Waals surface area contributed by atoms with Crippen molar-refractivity contribution in [1.82, 2.24) is 5.32 Å². The molecule has 5 heteroatoms. The summed E-state index contributed by atoms with van der Waals surface area (Å²) in [7, 11) is 0. The molecule has 0 spiro atoms. The molecule has 0 saturated heterocycles. The first-order valence-corrected chi connectivity index (χ1v) is 8.06. The zero-order valence-electron chi connectivity index (χ0n) is 13.4. The Kier molecular flexibility index (Phi) is 6.69. The lowest BCUT2D eigenvalue weighted by Crippen LogP contribution is -2.39. The lowest BCUT2D eigenvalue weighted by Gasteiger charge is -2.17. The van der Waals surface area contributed by atoms with Crippen LogP contribution in [0.15, 0.2) is 54.6 Å². The fourth-order valence-electron chi connectivity index (χ4n) is 1.97. The molecule has 0 heterocycles. The van der Waals surface area contributed by atoms with Crippen LogP contribution in [0.25, 0.3) is 0 Å². The highest BCUT2D eigenvalue weighted by atomic mass is 32.1. The molecule has 2 aromatic carbocycles. The smallest absolute Gasteiger partial charge is 0.171 e. The summed E-state index contributed by atoms with van der Waals surface area (Å²) >= 11 is 5.32. The van der Waals surface area contributed by atoms with Gasteiger partial charge < -0.3 is 20.1 Å². The number of nitrogens with one attached hydrogen (secondary N) is 2. The molecule has 0 unspecified atom stereocenters. The van der Waals surface area contributed by atoms with Gasteiger partial charge in [0.2, 0.25) is 0 Å². The molecule has 0 saturated carbocycles. The van der Waals surface area contributed by atoms with Crippen molar-refractivity contribution in [3.63, 3.8) is 0 Å². The number of rotatable bonds is 7. The zero-order valence-corrected chi connectivity index (χ0v) is 14.2. The minimum Gasteiger partial charge on any atom is -0.494 e. The molecular weight excluding hydrogens is 308 g/mol. The maximum Gasteiger partial charge on any atom is 0.171 e. The van der Waals surface area contributed by atoms with E-state index in [2.05, 4.69) is 10.6 Å². The van der Waals surface area contributed by atoms with E-state index in [0.29, 0.717) is 18.3 Å². The fourth-order valence-corrected chi connectivity index (χ4v) is 2.29. The van der Waals surface area contributed by atoms with Crippen LogP contribution in [0.3, 0.4) is 0 Å². The Hall–Kier alpha value is -2.27. The van der Waals surface area contributed by atoms with Crippen LogP contribution in [-0.2, 0) is 0 Å². The highest BCUT2D eigenvalue weighted by Gasteiger charge is 2.05. The monoisotopic (exact) mass is 330 g/mol. The molecule has 0 aliphatic heterocycles. The van der Waals surface area contributed by atoms with Crippen LogP contribution in [0.1, 0.15) is 13.8 Å². The topological polar surface area (TPSA) is 42.5 Å². The summed E-state index contributed by atoms with van der Waals surface area (Å²) in [6.45, 7) is 5.18. The Bertz CT molecular complexity index is 602. The van der Waals surface area contributed by atoms with Crippen LogP contribution < -0.4 is 20.1 Å². The summed E-state index contributed by atoms with van der Waals surface area (Å²) in [6.07, 6.45) is 0. The second-order valence-corrected chi connectivity index (χ2v) is 5.49. The molecule has 0 bridgehead atoms. The number of para-hydroxylation sites is 1. The molecule has 4 nitrogen and oxygen atoms in total. The number of benzene rings is 2. The van der Waals surface area contributed by atoms with Crippen molar-refractivity contribution in [2.75, 3.05) is 18.5 Å². The van der Waals surface area contributed by atoms with Crippen molar-refractivity contribution < 1.29 is 9.47 Å². The molecule has 2 aromatic rings. The van der Waals surface area contributed by atoms with Crippen LogP contribution in [0, 0.1) is 0 Å². The first-order valence-electron chi connectivity index (χ1n) is 7.65. The lowest BCUT2D eigenvalue weighted by molar-refractivity contribution is 0.287. The van der Waals surface area contributed by atoms with E-state index in [1.165, 1.54) is 0 Å². The van der Waals surface area contributed by atoms with E-state index in [1.807, 2.05) is 68.4 Å². The maximum absolute atomic E-state index is 5.70. The normalized spacial score (nSPS) is 11.4. The third kappa shape index (κ3) is 6.16. The van der Waals surface area contributed by atoms with Gasteiger partial charge in [-0.25, -0.2) is 0 Å². The lowest BCUT2D eigenvalue weighted by atomic mass is 10.3.